The minimum Gasteiger partial charge on any atom is -0.454 e. The number of aliphatic hydroxyl groups is 1. The van der Waals surface area contributed by atoms with E-state index < -0.39 is 29.8 Å². The maximum absolute atomic E-state index is 13.6. The van der Waals surface area contributed by atoms with Crippen LogP contribution in [0, 0.1) is 0 Å². The maximum Gasteiger partial charge on any atom is 0.423 e. The van der Waals surface area contributed by atoms with Gasteiger partial charge in [0.15, 0.2) is 11.5 Å². The van der Waals surface area contributed by atoms with Crippen LogP contribution in [0.4, 0.5) is 13.2 Å². The molecule has 0 aromatic heterocycles. The minimum absolute atomic E-state index is 0.102. The van der Waals surface area contributed by atoms with Crippen molar-refractivity contribution in [2.24, 2.45) is 0 Å². The van der Waals surface area contributed by atoms with Gasteiger partial charge in [-0.05, 0) is 29.3 Å². The molecule has 0 spiro atoms. The summed E-state index contributed by atoms with van der Waals surface area (Å²) in [5, 5.41) is 12.4. The number of hydrogen-bond donors (Lipinski definition) is 2. The van der Waals surface area contributed by atoms with E-state index in [1.807, 2.05) is 0 Å². The lowest BCUT2D eigenvalue weighted by Gasteiger charge is -2.31. The third kappa shape index (κ3) is 4.06. The maximum atomic E-state index is 13.6. The van der Waals surface area contributed by atoms with Crippen molar-refractivity contribution in [3.05, 3.63) is 65.7 Å². The zero-order chi connectivity index (χ0) is 19.5. The summed E-state index contributed by atoms with van der Waals surface area (Å²) in [7, 11) is 0. The molecule has 3 rings (SSSR count). The summed E-state index contributed by atoms with van der Waals surface area (Å²) >= 11 is 0. The second kappa shape index (κ2) is 7.32. The molecule has 0 fully saturated rings. The van der Waals surface area contributed by atoms with Gasteiger partial charge in [-0.3, -0.25) is 4.79 Å². The predicted molar refractivity (Wildman–Crippen MR) is 91.0 cm³/mol. The van der Waals surface area contributed by atoms with E-state index in [0.29, 0.717) is 0 Å². The highest BCUT2D eigenvalue weighted by molar-refractivity contribution is 5.91. The molecule has 1 amide bonds. The molecule has 27 heavy (non-hydrogen) atoms. The van der Waals surface area contributed by atoms with Crippen LogP contribution in [0.2, 0.25) is 0 Å². The molecule has 0 saturated heterocycles. The first kappa shape index (κ1) is 18.8. The van der Waals surface area contributed by atoms with E-state index in [4.69, 9.17) is 9.47 Å². The van der Waals surface area contributed by atoms with Crippen molar-refractivity contribution in [2.45, 2.75) is 11.8 Å². The van der Waals surface area contributed by atoms with Crippen LogP contribution in [0.5, 0.6) is 11.5 Å². The molecule has 142 valence electrons. The number of nitrogens with one attached hydrogen (secondary N) is 1. The van der Waals surface area contributed by atoms with Gasteiger partial charge < -0.3 is 19.9 Å². The Morgan fingerprint density at radius 3 is 2.52 bits per heavy atom. The van der Waals surface area contributed by atoms with Crippen LogP contribution in [0.15, 0.2) is 54.6 Å². The molecule has 0 bridgehead atoms. The quantitative estimate of drug-likeness (QED) is 0.784. The molecular formula is C19H16F3NO4. The minimum atomic E-state index is -5.02. The lowest BCUT2D eigenvalue weighted by atomic mass is 9.92. The fourth-order valence-corrected chi connectivity index (χ4v) is 2.53. The van der Waals surface area contributed by atoms with Crippen LogP contribution >= 0.6 is 0 Å². The topological polar surface area (TPSA) is 67.8 Å². The van der Waals surface area contributed by atoms with Gasteiger partial charge >= 0.3 is 6.18 Å². The fourth-order valence-electron chi connectivity index (χ4n) is 2.53. The molecule has 2 N–H and O–H groups in total. The Labute approximate surface area is 153 Å². The third-order valence-corrected chi connectivity index (χ3v) is 4.06. The molecular weight excluding hydrogens is 363 g/mol. The lowest BCUT2D eigenvalue weighted by molar-refractivity contribution is -0.264. The highest BCUT2D eigenvalue weighted by Gasteiger charge is 2.55. The standard InChI is InChI=1S/C19H16F3NO4/c20-19(21,22)18(25,14-7-8-15-16(10-14)27-12-26-15)11-23-17(24)9-6-13-4-2-1-3-5-13/h1-10,25H,11-12H2,(H,23,24)/b9-6+. The number of carbonyl (C=O) groups excluding carboxylic acids is 1. The number of ether oxygens (including phenoxy) is 2. The summed E-state index contributed by atoms with van der Waals surface area (Å²) in [4.78, 5) is 11.9. The average molecular weight is 379 g/mol. The second-order valence-corrected chi connectivity index (χ2v) is 5.89. The SMILES string of the molecule is O=C(/C=C/c1ccccc1)NCC(O)(c1ccc2c(c1)OCO2)C(F)(F)F. The van der Waals surface area contributed by atoms with Gasteiger partial charge in [0.05, 0.1) is 6.54 Å². The Kier molecular flexibility index (Phi) is 5.09. The van der Waals surface area contributed by atoms with E-state index in [-0.39, 0.29) is 18.3 Å². The number of alkyl halides is 3. The summed E-state index contributed by atoms with van der Waals surface area (Å²) < 4.78 is 50.8. The summed E-state index contributed by atoms with van der Waals surface area (Å²) in [5.74, 6) is -0.370. The van der Waals surface area contributed by atoms with Crippen molar-refractivity contribution >= 4 is 12.0 Å². The van der Waals surface area contributed by atoms with Crippen LogP contribution in [0.1, 0.15) is 11.1 Å². The molecule has 8 heteroatoms. The summed E-state index contributed by atoms with van der Waals surface area (Å²) in [6, 6.07) is 12.2. The van der Waals surface area contributed by atoms with Gasteiger partial charge in [-0.25, -0.2) is 0 Å². The molecule has 0 saturated carbocycles. The van der Waals surface area contributed by atoms with Crippen LogP contribution in [0.3, 0.4) is 0 Å². The zero-order valence-electron chi connectivity index (χ0n) is 14.0. The van der Waals surface area contributed by atoms with E-state index in [1.165, 1.54) is 12.1 Å². The number of fused-ring (bicyclic) bond motifs is 1. The molecule has 0 radical (unpaired) electrons. The Hall–Kier alpha value is -3.00. The smallest absolute Gasteiger partial charge is 0.423 e. The van der Waals surface area contributed by atoms with Crippen molar-refractivity contribution in [1.82, 2.24) is 5.32 Å². The number of rotatable bonds is 5. The molecule has 2 aromatic rings. The summed E-state index contributed by atoms with van der Waals surface area (Å²) in [6.07, 6.45) is -2.45. The van der Waals surface area contributed by atoms with Crippen LogP contribution in [0.25, 0.3) is 6.08 Å². The molecule has 2 aromatic carbocycles. The first-order valence-corrected chi connectivity index (χ1v) is 8.00. The number of amides is 1. The van der Waals surface area contributed by atoms with E-state index in [9.17, 15) is 23.1 Å². The van der Waals surface area contributed by atoms with E-state index in [0.717, 1.165) is 23.8 Å². The third-order valence-electron chi connectivity index (χ3n) is 4.06. The van der Waals surface area contributed by atoms with E-state index >= 15 is 0 Å². The molecule has 0 aliphatic carbocycles. The summed E-state index contributed by atoms with van der Waals surface area (Å²) in [6.45, 7) is -1.15. The van der Waals surface area contributed by atoms with Gasteiger partial charge in [0.25, 0.3) is 0 Å². The van der Waals surface area contributed by atoms with Crippen LogP contribution in [-0.4, -0.2) is 30.5 Å². The Balaban J connectivity index is 1.75. The molecule has 1 heterocycles. The number of benzene rings is 2. The fraction of sp³-hybridized carbons (Fsp3) is 0.211. The van der Waals surface area contributed by atoms with Crippen molar-refractivity contribution in [2.75, 3.05) is 13.3 Å². The van der Waals surface area contributed by atoms with Gasteiger partial charge in [-0.1, -0.05) is 36.4 Å². The van der Waals surface area contributed by atoms with Crippen molar-refractivity contribution in [1.29, 1.82) is 0 Å². The van der Waals surface area contributed by atoms with Gasteiger partial charge in [-0.15, -0.1) is 0 Å². The van der Waals surface area contributed by atoms with Gasteiger partial charge in [0.1, 0.15) is 0 Å². The first-order valence-electron chi connectivity index (χ1n) is 8.00. The summed E-state index contributed by atoms with van der Waals surface area (Å²) in [5.41, 5.74) is -3.01. The molecule has 1 unspecified atom stereocenters. The number of halogens is 3. The Bertz CT molecular complexity index is 852. The Morgan fingerprint density at radius 2 is 1.81 bits per heavy atom. The predicted octanol–water partition coefficient (Wildman–Crippen LogP) is 2.99. The van der Waals surface area contributed by atoms with Gasteiger partial charge in [0.2, 0.25) is 18.3 Å². The van der Waals surface area contributed by atoms with Crippen molar-refractivity contribution in [3.8, 4) is 11.5 Å². The molecule has 1 aliphatic heterocycles. The first-order chi connectivity index (χ1) is 12.8. The molecule has 5 nitrogen and oxygen atoms in total. The van der Waals surface area contributed by atoms with Crippen LogP contribution in [-0.2, 0) is 10.4 Å². The normalized spacial score (nSPS) is 15.6. The number of carbonyl (C=O) groups is 1. The van der Waals surface area contributed by atoms with E-state index in [1.54, 1.807) is 30.3 Å². The zero-order valence-corrected chi connectivity index (χ0v) is 14.0. The van der Waals surface area contributed by atoms with E-state index in [2.05, 4.69) is 5.32 Å². The monoisotopic (exact) mass is 379 g/mol. The highest BCUT2D eigenvalue weighted by Crippen LogP contribution is 2.42. The average Bonchev–Trinajstić information content (AvgIpc) is 3.12. The second-order valence-electron chi connectivity index (χ2n) is 5.89. The Morgan fingerprint density at radius 1 is 1.11 bits per heavy atom. The lowest BCUT2D eigenvalue weighted by Crippen LogP contribution is -2.50. The highest BCUT2D eigenvalue weighted by atomic mass is 19.4. The number of hydrogen-bond acceptors (Lipinski definition) is 4. The van der Waals surface area contributed by atoms with Crippen LogP contribution < -0.4 is 14.8 Å². The van der Waals surface area contributed by atoms with Crippen molar-refractivity contribution < 1.29 is 32.5 Å². The van der Waals surface area contributed by atoms with Crippen molar-refractivity contribution in [3.63, 3.8) is 0 Å². The van der Waals surface area contributed by atoms with Gasteiger partial charge in [-0.2, -0.15) is 13.2 Å². The van der Waals surface area contributed by atoms with Gasteiger partial charge in [0, 0.05) is 6.08 Å². The molecule has 1 aliphatic rings. The largest absolute Gasteiger partial charge is 0.454 e. The molecule has 1 atom stereocenters.